The van der Waals surface area contributed by atoms with Crippen LogP contribution in [-0.2, 0) is 16.0 Å². The number of aromatic nitrogens is 1. The van der Waals surface area contributed by atoms with Crippen LogP contribution in [0.4, 0.5) is 0 Å². The summed E-state index contributed by atoms with van der Waals surface area (Å²) in [6.07, 6.45) is 2.97. The molecule has 1 aromatic carbocycles. The summed E-state index contributed by atoms with van der Waals surface area (Å²) in [6, 6.07) is 6.99. The number of nitrogens with zero attached hydrogens (tertiary/aromatic N) is 1. The number of likely N-dealkylation sites (N-methyl/N-ethyl adjacent to an activating group) is 1. The molecule has 1 fully saturated rings. The van der Waals surface area contributed by atoms with E-state index in [-0.39, 0.29) is 0 Å². The Labute approximate surface area is 153 Å². The largest absolute Gasteiger partial charge is 0.497 e. The number of fused-ring (bicyclic) bond motifs is 8. The van der Waals surface area contributed by atoms with Crippen LogP contribution in [-0.4, -0.2) is 43.0 Å². The lowest BCUT2D eigenvalue weighted by Gasteiger charge is -2.52. The van der Waals surface area contributed by atoms with E-state index in [9.17, 15) is 4.79 Å². The molecule has 5 rings (SSSR count). The summed E-state index contributed by atoms with van der Waals surface area (Å²) < 4.78 is 11.3. The van der Waals surface area contributed by atoms with Crippen molar-refractivity contribution in [3.63, 3.8) is 0 Å². The Morgan fingerprint density at radius 2 is 2.23 bits per heavy atom. The average molecular weight is 352 g/mol. The lowest BCUT2D eigenvalue weighted by atomic mass is 9.67. The van der Waals surface area contributed by atoms with Gasteiger partial charge in [-0.15, -0.1) is 0 Å². The van der Waals surface area contributed by atoms with E-state index in [1.165, 1.54) is 16.6 Å². The van der Waals surface area contributed by atoms with Crippen LogP contribution in [0.15, 0.2) is 29.5 Å². The highest BCUT2D eigenvalue weighted by atomic mass is 16.5. The zero-order valence-electron chi connectivity index (χ0n) is 15.4. The second-order valence-electron chi connectivity index (χ2n) is 7.83. The van der Waals surface area contributed by atoms with Gasteiger partial charge in [0.1, 0.15) is 12.0 Å². The number of rotatable bonds is 2. The molecule has 0 spiro atoms. The molecule has 136 valence electrons. The van der Waals surface area contributed by atoms with E-state index in [4.69, 9.17) is 9.47 Å². The number of carbonyl (C=O) groups excluding carboxylic acids is 1. The van der Waals surface area contributed by atoms with Crippen molar-refractivity contribution in [2.45, 2.75) is 31.8 Å². The zero-order chi connectivity index (χ0) is 18.0. The van der Waals surface area contributed by atoms with Crippen LogP contribution in [0.25, 0.3) is 10.9 Å². The van der Waals surface area contributed by atoms with Gasteiger partial charge in [-0.05, 0) is 50.4 Å². The molecule has 1 aromatic heterocycles. The van der Waals surface area contributed by atoms with Crippen molar-refractivity contribution in [3.05, 3.63) is 40.8 Å². The molecule has 5 nitrogen and oxygen atoms in total. The van der Waals surface area contributed by atoms with Crippen molar-refractivity contribution in [1.82, 2.24) is 9.88 Å². The van der Waals surface area contributed by atoms with Crippen LogP contribution in [0.1, 0.15) is 30.6 Å². The van der Waals surface area contributed by atoms with Gasteiger partial charge >= 0.3 is 0 Å². The number of carbonyl (C=O) groups is 1. The first kappa shape index (κ1) is 15.9. The highest BCUT2D eigenvalue weighted by Gasteiger charge is 2.49. The predicted octanol–water partition coefficient (Wildman–Crippen LogP) is 3.21. The lowest BCUT2D eigenvalue weighted by molar-refractivity contribution is -0.107. The molecule has 3 aliphatic rings. The molecule has 0 aliphatic carbocycles. The van der Waals surface area contributed by atoms with Gasteiger partial charge in [0.2, 0.25) is 0 Å². The molecule has 26 heavy (non-hydrogen) atoms. The number of nitrogens with one attached hydrogen (secondary N) is 1. The number of allylic oxidation sites excluding steroid dienone is 2. The summed E-state index contributed by atoms with van der Waals surface area (Å²) in [5, 5.41) is 1.29. The molecule has 4 unspecified atom stereocenters. The molecule has 1 N–H and O–H groups in total. The first-order chi connectivity index (χ1) is 12.6. The summed E-state index contributed by atoms with van der Waals surface area (Å²) in [7, 11) is 3.91. The summed E-state index contributed by atoms with van der Waals surface area (Å²) in [4.78, 5) is 17.9. The maximum absolute atomic E-state index is 11.7. The Balaban J connectivity index is 1.63. The molecule has 0 amide bonds. The second kappa shape index (κ2) is 5.61. The van der Waals surface area contributed by atoms with Gasteiger partial charge in [-0.3, -0.25) is 9.69 Å². The fraction of sp³-hybridized carbons (Fsp3) is 0.476. The Morgan fingerprint density at radius 3 is 3.00 bits per heavy atom. The molecule has 0 radical (unpaired) electrons. The first-order valence-corrected chi connectivity index (χ1v) is 9.31. The van der Waals surface area contributed by atoms with Gasteiger partial charge in [0, 0.05) is 40.2 Å². The molecule has 5 heteroatoms. The highest BCUT2D eigenvalue weighted by Crippen LogP contribution is 2.51. The minimum atomic E-state index is 0.293. The number of H-pyrrole nitrogens is 1. The van der Waals surface area contributed by atoms with Gasteiger partial charge in [0.25, 0.3) is 0 Å². The van der Waals surface area contributed by atoms with Crippen molar-refractivity contribution in [2.75, 3.05) is 20.8 Å². The number of aldehydes is 1. The van der Waals surface area contributed by atoms with Crippen LogP contribution in [0, 0.1) is 11.8 Å². The van der Waals surface area contributed by atoms with Gasteiger partial charge < -0.3 is 14.5 Å². The zero-order valence-corrected chi connectivity index (χ0v) is 15.4. The maximum Gasteiger partial charge on any atom is 0.149 e. The average Bonchev–Trinajstić information content (AvgIpc) is 3.00. The van der Waals surface area contributed by atoms with Gasteiger partial charge in [0.05, 0.1) is 25.5 Å². The third-order valence-corrected chi connectivity index (χ3v) is 6.82. The number of ether oxygens (including phenoxy) is 2. The summed E-state index contributed by atoms with van der Waals surface area (Å²) in [5.74, 6) is 2.35. The Bertz CT molecular complexity index is 929. The van der Waals surface area contributed by atoms with Crippen LogP contribution < -0.4 is 4.74 Å². The van der Waals surface area contributed by atoms with Crippen molar-refractivity contribution in [2.24, 2.45) is 11.8 Å². The second-order valence-corrected chi connectivity index (χ2v) is 7.83. The maximum atomic E-state index is 11.7. The van der Waals surface area contributed by atoms with Crippen LogP contribution >= 0.6 is 0 Å². The van der Waals surface area contributed by atoms with E-state index in [0.29, 0.717) is 30.5 Å². The molecule has 2 bridgehead atoms. The predicted molar refractivity (Wildman–Crippen MR) is 99.2 cm³/mol. The van der Waals surface area contributed by atoms with Crippen molar-refractivity contribution >= 4 is 17.2 Å². The van der Waals surface area contributed by atoms with E-state index in [1.54, 1.807) is 7.11 Å². The van der Waals surface area contributed by atoms with E-state index < -0.39 is 0 Å². The monoisotopic (exact) mass is 352 g/mol. The number of aromatic amines is 1. The number of methoxy groups -OCH3 is 1. The van der Waals surface area contributed by atoms with Gasteiger partial charge in [0.15, 0.2) is 0 Å². The van der Waals surface area contributed by atoms with Crippen molar-refractivity contribution in [3.8, 4) is 5.75 Å². The van der Waals surface area contributed by atoms with Gasteiger partial charge in [-0.25, -0.2) is 0 Å². The smallest absolute Gasteiger partial charge is 0.149 e. The molecule has 0 saturated carbocycles. The fourth-order valence-corrected chi connectivity index (χ4v) is 5.42. The van der Waals surface area contributed by atoms with Gasteiger partial charge in [-0.1, -0.05) is 0 Å². The molecule has 1 saturated heterocycles. The van der Waals surface area contributed by atoms with E-state index in [1.807, 2.05) is 13.0 Å². The van der Waals surface area contributed by atoms with Crippen LogP contribution in [0.5, 0.6) is 5.75 Å². The molecule has 3 aliphatic heterocycles. The van der Waals surface area contributed by atoms with Crippen molar-refractivity contribution in [1.29, 1.82) is 0 Å². The molecular weight excluding hydrogens is 328 g/mol. The standard InChI is InChI=1S/C21H24N2O3/c1-11-16(9-24)14-7-20-21-15(8-19(23(20)2)17(14)10-26-11)13-5-4-12(25-3)6-18(13)22-21/h4-6,9,14,17,19-20,22H,7-8,10H2,1-3H3. The Morgan fingerprint density at radius 1 is 1.38 bits per heavy atom. The summed E-state index contributed by atoms with van der Waals surface area (Å²) >= 11 is 0. The number of benzene rings is 1. The molecular formula is C21H24N2O3. The van der Waals surface area contributed by atoms with Gasteiger partial charge in [-0.2, -0.15) is 0 Å². The van der Waals surface area contributed by atoms with E-state index in [0.717, 1.165) is 41.7 Å². The van der Waals surface area contributed by atoms with E-state index >= 15 is 0 Å². The fourth-order valence-electron chi connectivity index (χ4n) is 5.42. The minimum Gasteiger partial charge on any atom is -0.497 e. The third kappa shape index (κ3) is 2.04. The molecule has 4 heterocycles. The lowest BCUT2D eigenvalue weighted by Crippen LogP contribution is -2.55. The SMILES string of the molecule is COc1ccc2c3c([nH]c2c1)C1CC2C(C=O)=C(C)OCC2C(C3)N1C. The number of piperidine rings is 1. The Kier molecular flexibility index (Phi) is 3.44. The topological polar surface area (TPSA) is 54.6 Å². The summed E-state index contributed by atoms with van der Waals surface area (Å²) in [6.45, 7) is 2.63. The number of hydrogen-bond donors (Lipinski definition) is 1. The quantitative estimate of drug-likeness (QED) is 0.843. The number of hydrogen-bond acceptors (Lipinski definition) is 4. The minimum absolute atomic E-state index is 0.293. The normalized spacial score (nSPS) is 30.6. The third-order valence-electron chi connectivity index (χ3n) is 6.82. The van der Waals surface area contributed by atoms with Crippen molar-refractivity contribution < 1.29 is 14.3 Å². The van der Waals surface area contributed by atoms with E-state index in [2.05, 4.69) is 29.1 Å². The Hall–Kier alpha value is -2.27. The molecule has 2 aromatic rings. The molecule has 4 atom stereocenters. The summed E-state index contributed by atoms with van der Waals surface area (Å²) in [5.41, 5.74) is 4.73. The highest BCUT2D eigenvalue weighted by molar-refractivity contribution is 5.86. The first-order valence-electron chi connectivity index (χ1n) is 9.31. The van der Waals surface area contributed by atoms with Crippen LogP contribution in [0.2, 0.25) is 0 Å². The van der Waals surface area contributed by atoms with Crippen LogP contribution in [0.3, 0.4) is 0 Å².